The lowest BCUT2D eigenvalue weighted by molar-refractivity contribution is -0.201. The predicted octanol–water partition coefficient (Wildman–Crippen LogP) is 3.42. The van der Waals surface area contributed by atoms with Crippen molar-refractivity contribution in [3.05, 3.63) is 23.8 Å². The summed E-state index contributed by atoms with van der Waals surface area (Å²) in [7, 11) is 0.876. The van der Waals surface area contributed by atoms with Gasteiger partial charge < -0.3 is 14.4 Å². The van der Waals surface area contributed by atoms with Crippen LogP contribution in [-0.4, -0.2) is 66.6 Å². The molecule has 3 heterocycles. The van der Waals surface area contributed by atoms with Crippen molar-refractivity contribution in [1.29, 1.82) is 0 Å². The molecule has 0 N–H and O–H groups in total. The zero-order valence-corrected chi connectivity index (χ0v) is 18.3. The first-order chi connectivity index (χ1) is 15.2. The van der Waals surface area contributed by atoms with Crippen LogP contribution in [0.2, 0.25) is 0 Å². The molecule has 3 aliphatic rings. The summed E-state index contributed by atoms with van der Waals surface area (Å²) >= 11 is 0.937. The van der Waals surface area contributed by atoms with Gasteiger partial charge in [0.1, 0.15) is 0 Å². The fourth-order valence-corrected chi connectivity index (χ4v) is 4.87. The normalized spacial score (nSPS) is 22.5. The summed E-state index contributed by atoms with van der Waals surface area (Å²) in [4.78, 5) is 35.9. The number of aliphatic imine (C=N–C) groups is 2. The number of fused-ring (bicyclic) bond motifs is 3. The summed E-state index contributed by atoms with van der Waals surface area (Å²) in [5.41, 5.74) is -2.59. The van der Waals surface area contributed by atoms with Gasteiger partial charge in [-0.15, -0.1) is 0 Å². The van der Waals surface area contributed by atoms with E-state index in [1.165, 1.54) is 4.90 Å². The predicted molar refractivity (Wildman–Crippen MR) is 112 cm³/mol. The van der Waals surface area contributed by atoms with Crippen LogP contribution in [0.5, 0.6) is 0 Å². The number of guanidine groups is 1. The lowest BCUT2D eigenvalue weighted by Crippen LogP contribution is -2.59. The molecular weight excluding hydrogens is 449 g/mol. The molecule has 0 bridgehead atoms. The number of ether oxygens (including phenoxy) is 2. The van der Waals surface area contributed by atoms with Gasteiger partial charge >= 0.3 is 23.8 Å². The topological polar surface area (TPSA) is 83.8 Å². The number of piperidine rings is 1. The summed E-state index contributed by atoms with van der Waals surface area (Å²) in [6.07, 6.45) is -2.57. The number of carbonyl (C=O) groups excluding carboxylic acids is 2. The number of nitrogens with zero attached hydrogens (tertiary/aromatic N) is 4. The van der Waals surface area contributed by atoms with E-state index in [2.05, 4.69) is 14.7 Å². The maximum absolute atomic E-state index is 14.2. The second-order valence-electron chi connectivity index (χ2n) is 7.36. The van der Waals surface area contributed by atoms with E-state index in [-0.39, 0.29) is 23.3 Å². The highest BCUT2D eigenvalue weighted by Gasteiger charge is 2.66. The molecule has 1 saturated heterocycles. The molecule has 0 radical (unpaired) electrons. The minimum Gasteiger partial charge on any atom is -0.465 e. The average molecular weight is 470 g/mol. The van der Waals surface area contributed by atoms with Crippen LogP contribution in [0, 0.1) is 0 Å². The molecule has 1 aromatic rings. The van der Waals surface area contributed by atoms with Crippen molar-refractivity contribution in [2.75, 3.05) is 31.7 Å². The highest BCUT2D eigenvalue weighted by Crippen LogP contribution is 2.48. The number of halogens is 3. The first kappa shape index (κ1) is 22.4. The zero-order chi connectivity index (χ0) is 23.1. The number of likely N-dealkylation sites (tertiary alicyclic amines) is 1. The van der Waals surface area contributed by atoms with Gasteiger partial charge in [0.25, 0.3) is 0 Å². The van der Waals surface area contributed by atoms with Gasteiger partial charge in [0.05, 0.1) is 25.0 Å². The first-order valence-electron chi connectivity index (χ1n) is 10.1. The van der Waals surface area contributed by atoms with Crippen molar-refractivity contribution < 1.29 is 32.2 Å². The highest BCUT2D eigenvalue weighted by atomic mass is 32.2. The fraction of sp³-hybridized carbons (Fsp3) is 0.500. The first-order valence-corrected chi connectivity index (χ1v) is 10.9. The Morgan fingerprint density at radius 1 is 1.19 bits per heavy atom. The number of thioether (sulfide) groups is 1. The number of benzene rings is 1. The zero-order valence-electron chi connectivity index (χ0n) is 17.4. The quantitative estimate of drug-likeness (QED) is 0.626. The molecule has 12 heteroatoms. The molecule has 0 aliphatic carbocycles. The van der Waals surface area contributed by atoms with Gasteiger partial charge in [0, 0.05) is 18.0 Å². The van der Waals surface area contributed by atoms with E-state index in [1.807, 2.05) is 0 Å². The van der Waals surface area contributed by atoms with Crippen molar-refractivity contribution in [3.63, 3.8) is 0 Å². The Morgan fingerprint density at radius 2 is 1.91 bits per heavy atom. The highest BCUT2D eigenvalue weighted by molar-refractivity contribution is 8.15. The van der Waals surface area contributed by atoms with E-state index in [9.17, 15) is 22.8 Å². The summed E-state index contributed by atoms with van der Waals surface area (Å²) in [6, 6.07) is 4.70. The van der Waals surface area contributed by atoms with Crippen LogP contribution >= 0.6 is 11.8 Å². The number of methoxy groups -OCH3 is 1. The number of hydrogen-bond donors (Lipinski definition) is 0. The molecule has 0 spiro atoms. The van der Waals surface area contributed by atoms with E-state index in [4.69, 9.17) is 4.74 Å². The van der Waals surface area contributed by atoms with Crippen molar-refractivity contribution in [3.8, 4) is 0 Å². The van der Waals surface area contributed by atoms with Gasteiger partial charge in [0.2, 0.25) is 5.96 Å². The Labute approximate surface area is 186 Å². The molecule has 3 aliphatic heterocycles. The van der Waals surface area contributed by atoms with Crippen LogP contribution in [0.3, 0.4) is 0 Å². The molecule has 4 rings (SSSR count). The average Bonchev–Trinajstić information content (AvgIpc) is 3.15. The third kappa shape index (κ3) is 3.59. The Morgan fingerprint density at radius 3 is 2.53 bits per heavy atom. The van der Waals surface area contributed by atoms with Crippen LogP contribution < -0.4 is 4.90 Å². The van der Waals surface area contributed by atoms with Crippen molar-refractivity contribution in [2.24, 2.45) is 9.98 Å². The summed E-state index contributed by atoms with van der Waals surface area (Å²) in [5.74, 6) is -2.14. The Bertz CT molecular complexity index is 1010. The van der Waals surface area contributed by atoms with Crippen molar-refractivity contribution >= 4 is 40.5 Å². The number of esters is 2. The van der Waals surface area contributed by atoms with Gasteiger partial charge in [-0.1, -0.05) is 0 Å². The number of anilines is 1. The Kier molecular flexibility index (Phi) is 5.82. The smallest absolute Gasteiger partial charge is 0.446 e. The van der Waals surface area contributed by atoms with E-state index in [0.717, 1.165) is 38.1 Å². The summed E-state index contributed by atoms with van der Waals surface area (Å²) < 4.78 is 52.1. The monoisotopic (exact) mass is 470 g/mol. The molecule has 1 atom stereocenters. The van der Waals surface area contributed by atoms with E-state index in [0.29, 0.717) is 23.7 Å². The second kappa shape index (κ2) is 8.30. The number of rotatable bonds is 3. The van der Waals surface area contributed by atoms with E-state index >= 15 is 0 Å². The van der Waals surface area contributed by atoms with Gasteiger partial charge in [-0.3, -0.25) is 4.90 Å². The Hall–Kier alpha value is -2.76. The largest absolute Gasteiger partial charge is 0.465 e. The van der Waals surface area contributed by atoms with Gasteiger partial charge in [-0.2, -0.15) is 13.2 Å². The molecule has 1 aromatic carbocycles. The van der Waals surface area contributed by atoms with E-state index in [1.54, 1.807) is 30.0 Å². The van der Waals surface area contributed by atoms with Crippen LogP contribution in [0.25, 0.3) is 0 Å². The van der Waals surface area contributed by atoms with Gasteiger partial charge in [-0.05, 0) is 56.1 Å². The lowest BCUT2D eigenvalue weighted by atomic mass is 10.1. The molecule has 1 fully saturated rings. The summed E-state index contributed by atoms with van der Waals surface area (Å²) in [5, 5.41) is -0.0562. The molecule has 8 nitrogen and oxygen atoms in total. The number of amidine groups is 1. The van der Waals surface area contributed by atoms with Crippen LogP contribution in [0.1, 0.15) is 36.5 Å². The van der Waals surface area contributed by atoms with Crippen LogP contribution in [0.15, 0.2) is 33.1 Å². The molecule has 172 valence electrons. The maximum Gasteiger partial charge on any atom is 0.446 e. The molecular formula is C20H21F3N4O4S. The van der Waals surface area contributed by atoms with Crippen molar-refractivity contribution in [2.45, 2.75) is 42.9 Å². The molecule has 0 saturated carbocycles. The minimum absolute atomic E-state index is 0.00689. The second-order valence-corrected chi connectivity index (χ2v) is 8.36. The number of alkyl halides is 3. The summed E-state index contributed by atoms with van der Waals surface area (Å²) in [6.45, 7) is 2.87. The SMILES string of the molecule is CCOC(=O)c1ccc2c(c1)SC1=N[C@](C(=O)OC)(C(F)(F)F)N=C(N3CCCCC3)N12. The number of hydrogen-bond acceptors (Lipinski definition) is 9. The third-order valence-electron chi connectivity index (χ3n) is 5.33. The molecule has 0 amide bonds. The van der Waals surface area contributed by atoms with Gasteiger partial charge in [-0.25, -0.2) is 19.6 Å². The standard InChI is InChI=1S/C20H21F3N4O4S/c1-3-31-15(28)12-7-8-13-14(11-12)32-18-25-19(16(29)30-2,20(21,22)23)24-17(27(13)18)26-9-5-4-6-10-26/h7-8,11H,3-6,9-10H2,1-2H3/t19-/m1/s1. The molecule has 32 heavy (non-hydrogen) atoms. The van der Waals surface area contributed by atoms with E-state index < -0.39 is 23.8 Å². The van der Waals surface area contributed by atoms with Gasteiger partial charge in [0.15, 0.2) is 5.17 Å². The third-order valence-corrected chi connectivity index (χ3v) is 6.33. The lowest BCUT2D eigenvalue weighted by Gasteiger charge is -2.39. The Balaban J connectivity index is 1.85. The van der Waals surface area contributed by atoms with Crippen LogP contribution in [-0.2, 0) is 14.3 Å². The van der Waals surface area contributed by atoms with Crippen molar-refractivity contribution in [1.82, 2.24) is 4.90 Å². The number of carbonyl (C=O) groups is 2. The maximum atomic E-state index is 14.2. The molecule has 0 unspecified atom stereocenters. The fourth-order valence-electron chi connectivity index (χ4n) is 3.78. The minimum atomic E-state index is -5.11. The molecule has 0 aromatic heterocycles. The van der Waals surface area contributed by atoms with Crippen LogP contribution in [0.4, 0.5) is 18.9 Å².